The average Bonchev–Trinajstić information content (AvgIpc) is 2.83. The summed E-state index contributed by atoms with van der Waals surface area (Å²) in [5.41, 5.74) is 4.58. The smallest absolute Gasteiger partial charge is 0.329 e. The van der Waals surface area contributed by atoms with Crippen LogP contribution in [0.15, 0.2) is 18.2 Å². The summed E-state index contributed by atoms with van der Waals surface area (Å²) >= 11 is 0. The Balaban J connectivity index is 2.66. The number of hydrogen-bond donors (Lipinski definition) is 1. The van der Waals surface area contributed by atoms with Crippen molar-refractivity contribution >= 4 is 28.6 Å². The van der Waals surface area contributed by atoms with E-state index in [1.54, 1.807) is 20.8 Å². The SMILES string of the molecule is CC(C(=O)OC(C)(C)C)n1c(C(N)=O)nc2c([N+](=O)[O-])cccc21. The van der Waals surface area contributed by atoms with E-state index in [0.717, 1.165) is 0 Å². The van der Waals surface area contributed by atoms with E-state index in [9.17, 15) is 19.7 Å². The summed E-state index contributed by atoms with van der Waals surface area (Å²) in [7, 11) is 0. The van der Waals surface area contributed by atoms with Crippen LogP contribution in [0.1, 0.15) is 44.4 Å². The number of amides is 1. The van der Waals surface area contributed by atoms with E-state index < -0.39 is 28.4 Å². The molecule has 9 nitrogen and oxygen atoms in total. The highest BCUT2D eigenvalue weighted by Crippen LogP contribution is 2.29. The van der Waals surface area contributed by atoms with Crippen LogP contribution in [0.4, 0.5) is 5.69 Å². The molecule has 0 aliphatic rings. The Hall–Kier alpha value is -2.97. The first kappa shape index (κ1) is 17.4. The third kappa shape index (κ3) is 3.19. The molecule has 1 amide bonds. The van der Waals surface area contributed by atoms with Gasteiger partial charge in [-0.1, -0.05) is 6.07 Å². The second-order valence-corrected chi connectivity index (χ2v) is 6.28. The predicted molar refractivity (Wildman–Crippen MR) is 85.5 cm³/mol. The molecule has 1 aromatic carbocycles. The van der Waals surface area contributed by atoms with E-state index in [-0.39, 0.29) is 22.5 Å². The first-order chi connectivity index (χ1) is 11.0. The van der Waals surface area contributed by atoms with Gasteiger partial charge in [0.2, 0.25) is 5.82 Å². The van der Waals surface area contributed by atoms with Gasteiger partial charge in [-0.15, -0.1) is 0 Å². The third-order valence-electron chi connectivity index (χ3n) is 3.25. The van der Waals surface area contributed by atoms with Crippen LogP contribution in [-0.2, 0) is 9.53 Å². The van der Waals surface area contributed by atoms with Crippen LogP contribution in [-0.4, -0.2) is 32.0 Å². The quantitative estimate of drug-likeness (QED) is 0.516. The maximum atomic E-state index is 12.3. The summed E-state index contributed by atoms with van der Waals surface area (Å²) in [6, 6.07) is 3.31. The van der Waals surface area contributed by atoms with Gasteiger partial charge in [0, 0.05) is 6.07 Å². The number of nitro benzene ring substituents is 1. The van der Waals surface area contributed by atoms with Crippen molar-refractivity contribution in [3.63, 3.8) is 0 Å². The number of hydrogen-bond acceptors (Lipinski definition) is 6. The van der Waals surface area contributed by atoms with Crippen molar-refractivity contribution in [2.45, 2.75) is 39.3 Å². The number of non-ortho nitro benzene ring substituents is 1. The molecule has 0 fully saturated rings. The molecule has 1 atom stereocenters. The molecule has 9 heteroatoms. The van der Waals surface area contributed by atoms with Gasteiger partial charge in [-0.25, -0.2) is 9.78 Å². The van der Waals surface area contributed by atoms with Gasteiger partial charge in [-0.2, -0.15) is 0 Å². The van der Waals surface area contributed by atoms with Gasteiger partial charge < -0.3 is 15.0 Å². The van der Waals surface area contributed by atoms with Crippen molar-refractivity contribution in [2.75, 3.05) is 0 Å². The number of imidazole rings is 1. The van der Waals surface area contributed by atoms with Crippen molar-refractivity contribution in [1.29, 1.82) is 0 Å². The zero-order valence-corrected chi connectivity index (χ0v) is 13.8. The van der Waals surface area contributed by atoms with Crippen molar-refractivity contribution in [2.24, 2.45) is 5.73 Å². The molecule has 2 rings (SSSR count). The molecular weight excluding hydrogens is 316 g/mol. The van der Waals surface area contributed by atoms with Crippen LogP contribution < -0.4 is 5.73 Å². The monoisotopic (exact) mass is 334 g/mol. The Morgan fingerprint density at radius 3 is 2.50 bits per heavy atom. The second-order valence-electron chi connectivity index (χ2n) is 6.28. The van der Waals surface area contributed by atoms with Crippen molar-refractivity contribution < 1.29 is 19.2 Å². The highest BCUT2D eigenvalue weighted by molar-refractivity contribution is 5.97. The average molecular weight is 334 g/mol. The van der Waals surface area contributed by atoms with Crippen LogP contribution in [0.5, 0.6) is 0 Å². The standard InChI is InChI=1S/C15H18N4O5/c1-8(14(21)24-15(2,3)4)18-9-6-5-7-10(19(22)23)11(9)17-13(18)12(16)20/h5-8H,1-4H3,(H2,16,20). The molecule has 0 radical (unpaired) electrons. The fraction of sp³-hybridized carbons (Fsp3) is 0.400. The number of fused-ring (bicyclic) bond motifs is 1. The van der Waals surface area contributed by atoms with E-state index in [4.69, 9.17) is 10.5 Å². The normalized spacial score (nSPS) is 12.8. The fourth-order valence-corrected chi connectivity index (χ4v) is 2.31. The minimum absolute atomic E-state index is 0.00768. The number of para-hydroxylation sites is 1. The number of nitrogens with two attached hydrogens (primary N) is 1. The summed E-state index contributed by atoms with van der Waals surface area (Å²) in [5, 5.41) is 11.1. The molecule has 0 aliphatic heterocycles. The fourth-order valence-electron chi connectivity index (χ4n) is 2.31. The van der Waals surface area contributed by atoms with Crippen molar-refractivity contribution in [1.82, 2.24) is 9.55 Å². The number of nitrogens with zero attached hydrogens (tertiary/aromatic N) is 3. The van der Waals surface area contributed by atoms with Gasteiger partial charge in [-0.05, 0) is 33.8 Å². The molecule has 128 valence electrons. The molecule has 2 N–H and O–H groups in total. The molecule has 0 bridgehead atoms. The van der Waals surface area contributed by atoms with Gasteiger partial charge >= 0.3 is 5.97 Å². The van der Waals surface area contributed by atoms with Gasteiger partial charge in [0.15, 0.2) is 5.52 Å². The van der Waals surface area contributed by atoms with Crippen LogP contribution in [0.25, 0.3) is 11.0 Å². The number of rotatable bonds is 4. The predicted octanol–water partition coefficient (Wildman–Crippen LogP) is 1.95. The molecule has 0 aliphatic carbocycles. The lowest BCUT2D eigenvalue weighted by atomic mass is 10.2. The third-order valence-corrected chi connectivity index (χ3v) is 3.25. The summed E-state index contributed by atoms with van der Waals surface area (Å²) in [5.74, 6) is -1.73. The lowest BCUT2D eigenvalue weighted by Gasteiger charge is -2.23. The Morgan fingerprint density at radius 1 is 1.38 bits per heavy atom. The zero-order chi connectivity index (χ0) is 18.2. The molecule has 0 spiro atoms. The number of benzene rings is 1. The molecule has 1 unspecified atom stereocenters. The molecule has 1 heterocycles. The molecule has 0 saturated carbocycles. The summed E-state index contributed by atoms with van der Waals surface area (Å²) in [6.45, 7) is 6.65. The Kier molecular flexibility index (Phi) is 4.28. The number of aromatic nitrogens is 2. The minimum atomic E-state index is -0.932. The van der Waals surface area contributed by atoms with E-state index in [2.05, 4.69) is 4.98 Å². The number of esters is 1. The molecular formula is C15H18N4O5. The summed E-state index contributed by atoms with van der Waals surface area (Å²) in [6.07, 6.45) is 0. The highest BCUT2D eigenvalue weighted by atomic mass is 16.6. The first-order valence-electron chi connectivity index (χ1n) is 7.21. The molecule has 0 saturated heterocycles. The Bertz CT molecular complexity index is 834. The van der Waals surface area contributed by atoms with Crippen molar-refractivity contribution in [3.05, 3.63) is 34.1 Å². The van der Waals surface area contributed by atoms with E-state index >= 15 is 0 Å². The summed E-state index contributed by atoms with van der Waals surface area (Å²) in [4.78, 5) is 38.5. The number of carbonyl (C=O) groups excluding carboxylic acids is 2. The molecule has 2 aromatic rings. The van der Waals surface area contributed by atoms with Gasteiger partial charge in [0.05, 0.1) is 10.4 Å². The minimum Gasteiger partial charge on any atom is -0.458 e. The maximum Gasteiger partial charge on any atom is 0.329 e. The number of ether oxygens (including phenoxy) is 1. The first-order valence-corrected chi connectivity index (χ1v) is 7.21. The van der Waals surface area contributed by atoms with E-state index in [0.29, 0.717) is 0 Å². The van der Waals surface area contributed by atoms with Crippen LogP contribution in [0.3, 0.4) is 0 Å². The Labute approximate surface area is 137 Å². The van der Waals surface area contributed by atoms with Crippen LogP contribution in [0.2, 0.25) is 0 Å². The van der Waals surface area contributed by atoms with E-state index in [1.807, 2.05) is 0 Å². The topological polar surface area (TPSA) is 130 Å². The lowest BCUT2D eigenvalue weighted by Crippen LogP contribution is -2.31. The zero-order valence-electron chi connectivity index (χ0n) is 13.8. The van der Waals surface area contributed by atoms with Crippen molar-refractivity contribution in [3.8, 4) is 0 Å². The highest BCUT2D eigenvalue weighted by Gasteiger charge is 2.30. The lowest BCUT2D eigenvalue weighted by molar-refractivity contribution is -0.383. The summed E-state index contributed by atoms with van der Waals surface area (Å²) < 4.78 is 6.57. The van der Waals surface area contributed by atoms with Gasteiger partial charge in [0.25, 0.3) is 11.6 Å². The van der Waals surface area contributed by atoms with Gasteiger partial charge in [0.1, 0.15) is 11.6 Å². The molecule has 24 heavy (non-hydrogen) atoms. The molecule has 1 aromatic heterocycles. The largest absolute Gasteiger partial charge is 0.458 e. The number of carbonyl (C=O) groups is 2. The van der Waals surface area contributed by atoms with Crippen LogP contribution in [0, 0.1) is 10.1 Å². The number of nitro groups is 1. The number of primary amides is 1. The second kappa shape index (κ2) is 5.91. The Morgan fingerprint density at radius 2 is 2.00 bits per heavy atom. The van der Waals surface area contributed by atoms with E-state index in [1.165, 1.54) is 29.7 Å². The van der Waals surface area contributed by atoms with Gasteiger partial charge in [-0.3, -0.25) is 14.9 Å². The van der Waals surface area contributed by atoms with Crippen LogP contribution >= 0.6 is 0 Å². The maximum absolute atomic E-state index is 12.3.